The van der Waals surface area contributed by atoms with E-state index in [0.29, 0.717) is 6.04 Å². The third-order valence-electron chi connectivity index (χ3n) is 5.52. The maximum absolute atomic E-state index is 3.88. The zero-order valence-electron chi connectivity index (χ0n) is 13.5. The standard InChI is InChI=1S/C19H29N/c1-5-9-20-19(18-15-7-6-8-16(15)18)17-13(3)10-12(2)11-14(17)4/h10-11,15-16,18-20H,5-9H2,1-4H3. The molecule has 20 heavy (non-hydrogen) atoms. The van der Waals surface area contributed by atoms with E-state index in [9.17, 15) is 0 Å². The van der Waals surface area contributed by atoms with Gasteiger partial charge in [-0.3, -0.25) is 0 Å². The van der Waals surface area contributed by atoms with E-state index in [-0.39, 0.29) is 0 Å². The van der Waals surface area contributed by atoms with Crippen molar-refractivity contribution in [3.63, 3.8) is 0 Å². The highest BCUT2D eigenvalue weighted by Gasteiger charge is 2.56. The first-order valence-corrected chi connectivity index (χ1v) is 8.44. The molecular formula is C19H29N. The second-order valence-electron chi connectivity index (χ2n) is 7.08. The third-order valence-corrected chi connectivity index (χ3v) is 5.52. The summed E-state index contributed by atoms with van der Waals surface area (Å²) < 4.78 is 0. The monoisotopic (exact) mass is 271 g/mol. The van der Waals surface area contributed by atoms with Crippen molar-refractivity contribution < 1.29 is 0 Å². The van der Waals surface area contributed by atoms with Crippen molar-refractivity contribution in [2.24, 2.45) is 17.8 Å². The topological polar surface area (TPSA) is 12.0 Å². The van der Waals surface area contributed by atoms with Crippen LogP contribution in [0.1, 0.15) is 60.9 Å². The summed E-state index contributed by atoms with van der Waals surface area (Å²) in [6.07, 6.45) is 5.65. The van der Waals surface area contributed by atoms with Crippen molar-refractivity contribution in [2.45, 2.75) is 59.4 Å². The highest BCUT2D eigenvalue weighted by Crippen LogP contribution is 2.62. The molecule has 110 valence electrons. The van der Waals surface area contributed by atoms with E-state index in [1.165, 1.54) is 42.4 Å². The van der Waals surface area contributed by atoms with E-state index in [2.05, 4.69) is 45.1 Å². The molecule has 2 saturated carbocycles. The molecule has 3 rings (SSSR count). The molecule has 2 aliphatic rings. The van der Waals surface area contributed by atoms with Crippen molar-refractivity contribution in [2.75, 3.05) is 6.54 Å². The average molecular weight is 271 g/mol. The van der Waals surface area contributed by atoms with Crippen molar-refractivity contribution in [1.82, 2.24) is 5.32 Å². The molecule has 1 nitrogen and oxygen atoms in total. The molecule has 1 aromatic rings. The van der Waals surface area contributed by atoms with Gasteiger partial charge < -0.3 is 5.32 Å². The minimum atomic E-state index is 0.603. The largest absolute Gasteiger partial charge is 0.310 e. The Morgan fingerprint density at radius 3 is 2.25 bits per heavy atom. The lowest BCUT2D eigenvalue weighted by Crippen LogP contribution is -2.27. The van der Waals surface area contributed by atoms with E-state index in [1.54, 1.807) is 5.56 Å². The molecule has 0 heterocycles. The second-order valence-corrected chi connectivity index (χ2v) is 7.08. The Bertz CT molecular complexity index is 458. The molecule has 0 aliphatic heterocycles. The van der Waals surface area contributed by atoms with E-state index < -0.39 is 0 Å². The first kappa shape index (κ1) is 14.1. The van der Waals surface area contributed by atoms with Crippen molar-refractivity contribution in [3.8, 4) is 0 Å². The number of benzene rings is 1. The van der Waals surface area contributed by atoms with Crippen LogP contribution in [0.4, 0.5) is 0 Å². The molecule has 1 aromatic carbocycles. The number of nitrogens with one attached hydrogen (secondary N) is 1. The molecule has 0 aromatic heterocycles. The molecule has 1 N–H and O–H groups in total. The van der Waals surface area contributed by atoms with Crippen molar-refractivity contribution >= 4 is 0 Å². The van der Waals surface area contributed by atoms with Crippen LogP contribution in [0.2, 0.25) is 0 Å². The average Bonchev–Trinajstić information content (AvgIpc) is 2.85. The summed E-state index contributed by atoms with van der Waals surface area (Å²) in [6.45, 7) is 10.2. The third kappa shape index (κ3) is 2.41. The fourth-order valence-corrected chi connectivity index (χ4v) is 4.78. The van der Waals surface area contributed by atoms with Crippen LogP contribution in [-0.2, 0) is 0 Å². The lowest BCUT2D eigenvalue weighted by molar-refractivity contribution is 0.415. The molecule has 0 radical (unpaired) electrons. The smallest absolute Gasteiger partial charge is 0.0359 e. The summed E-state index contributed by atoms with van der Waals surface area (Å²) in [6, 6.07) is 5.33. The number of aryl methyl sites for hydroxylation is 3. The quantitative estimate of drug-likeness (QED) is 0.818. The van der Waals surface area contributed by atoms with Crippen LogP contribution in [-0.4, -0.2) is 6.54 Å². The van der Waals surface area contributed by atoms with Gasteiger partial charge in [-0.05, 0) is 81.0 Å². The van der Waals surface area contributed by atoms with E-state index in [0.717, 1.165) is 24.3 Å². The first-order valence-electron chi connectivity index (χ1n) is 8.44. The van der Waals surface area contributed by atoms with Gasteiger partial charge in [0.05, 0.1) is 0 Å². The van der Waals surface area contributed by atoms with E-state index >= 15 is 0 Å². The van der Waals surface area contributed by atoms with Crippen molar-refractivity contribution in [3.05, 3.63) is 34.4 Å². The molecule has 3 atom stereocenters. The highest BCUT2D eigenvalue weighted by atomic mass is 14.9. The van der Waals surface area contributed by atoms with Gasteiger partial charge in [-0.1, -0.05) is 31.0 Å². The van der Waals surface area contributed by atoms with Crippen LogP contribution in [0.5, 0.6) is 0 Å². The molecular weight excluding hydrogens is 242 g/mol. The van der Waals surface area contributed by atoms with Crippen LogP contribution < -0.4 is 5.32 Å². The van der Waals surface area contributed by atoms with Gasteiger partial charge in [0.1, 0.15) is 0 Å². The van der Waals surface area contributed by atoms with E-state index in [4.69, 9.17) is 0 Å². The molecule has 0 amide bonds. The van der Waals surface area contributed by atoms with Gasteiger partial charge >= 0.3 is 0 Å². The Hall–Kier alpha value is -0.820. The molecule has 1 heteroatoms. The van der Waals surface area contributed by atoms with Crippen molar-refractivity contribution in [1.29, 1.82) is 0 Å². The predicted octanol–water partition coefficient (Wildman–Crippen LogP) is 4.70. The lowest BCUT2D eigenvalue weighted by atomic mass is 9.89. The van der Waals surface area contributed by atoms with Gasteiger partial charge in [-0.15, -0.1) is 0 Å². The Balaban J connectivity index is 1.89. The predicted molar refractivity (Wildman–Crippen MR) is 86.0 cm³/mol. The number of rotatable bonds is 5. The maximum Gasteiger partial charge on any atom is 0.0359 e. The van der Waals surface area contributed by atoms with Crippen LogP contribution >= 0.6 is 0 Å². The lowest BCUT2D eigenvalue weighted by Gasteiger charge is -2.25. The molecule has 0 bridgehead atoms. The summed E-state index contributed by atoms with van der Waals surface area (Å²) in [7, 11) is 0. The zero-order valence-corrected chi connectivity index (χ0v) is 13.5. The molecule has 0 saturated heterocycles. The number of hydrogen-bond donors (Lipinski definition) is 1. The fourth-order valence-electron chi connectivity index (χ4n) is 4.78. The fraction of sp³-hybridized carbons (Fsp3) is 0.684. The second kappa shape index (κ2) is 5.52. The minimum absolute atomic E-state index is 0.603. The van der Waals surface area contributed by atoms with Gasteiger partial charge in [-0.25, -0.2) is 0 Å². The summed E-state index contributed by atoms with van der Waals surface area (Å²) in [5.74, 6) is 2.95. The summed E-state index contributed by atoms with van der Waals surface area (Å²) in [4.78, 5) is 0. The number of fused-ring (bicyclic) bond motifs is 1. The Labute approximate surface area is 124 Å². The van der Waals surface area contributed by atoms with E-state index in [1.807, 2.05) is 0 Å². The van der Waals surface area contributed by atoms with Crippen LogP contribution in [0.25, 0.3) is 0 Å². The summed E-state index contributed by atoms with van der Waals surface area (Å²) in [5.41, 5.74) is 5.97. The van der Waals surface area contributed by atoms with Gasteiger partial charge in [0.2, 0.25) is 0 Å². The summed E-state index contributed by atoms with van der Waals surface area (Å²) >= 11 is 0. The van der Waals surface area contributed by atoms with Crippen LogP contribution in [0, 0.1) is 38.5 Å². The van der Waals surface area contributed by atoms with Crippen LogP contribution in [0.3, 0.4) is 0 Å². The van der Waals surface area contributed by atoms with Crippen LogP contribution in [0.15, 0.2) is 12.1 Å². The molecule has 3 unspecified atom stereocenters. The Morgan fingerprint density at radius 1 is 1.10 bits per heavy atom. The van der Waals surface area contributed by atoms with Gasteiger partial charge in [0, 0.05) is 6.04 Å². The summed E-state index contributed by atoms with van der Waals surface area (Å²) in [5, 5.41) is 3.88. The Morgan fingerprint density at radius 2 is 1.70 bits per heavy atom. The maximum atomic E-state index is 3.88. The normalized spacial score (nSPS) is 29.3. The number of hydrogen-bond acceptors (Lipinski definition) is 1. The molecule has 2 aliphatic carbocycles. The molecule has 0 spiro atoms. The molecule has 2 fully saturated rings. The first-order chi connectivity index (χ1) is 9.63. The highest BCUT2D eigenvalue weighted by molar-refractivity contribution is 5.41. The van der Waals surface area contributed by atoms with Gasteiger partial charge in [0.15, 0.2) is 0 Å². The van der Waals surface area contributed by atoms with Gasteiger partial charge in [-0.2, -0.15) is 0 Å². The van der Waals surface area contributed by atoms with Gasteiger partial charge in [0.25, 0.3) is 0 Å². The minimum Gasteiger partial charge on any atom is -0.310 e. The Kier molecular flexibility index (Phi) is 3.90. The zero-order chi connectivity index (χ0) is 14.3. The SMILES string of the molecule is CCCNC(c1c(C)cc(C)cc1C)C1C2CCCC21.